The van der Waals surface area contributed by atoms with Crippen LogP contribution in [0.2, 0.25) is 0 Å². The largest absolute Gasteiger partial charge is 0.489 e. The Morgan fingerprint density at radius 1 is 0.295 bits per heavy atom. The molecule has 0 aliphatic rings. The summed E-state index contributed by atoms with van der Waals surface area (Å²) in [6, 6.07) is 40.5. The fourth-order valence-corrected chi connectivity index (χ4v) is 4.03. The van der Waals surface area contributed by atoms with Crippen LogP contribution in [-0.4, -0.2) is 0 Å². The summed E-state index contributed by atoms with van der Waals surface area (Å²) in [4.78, 5) is 0. The van der Waals surface area contributed by atoms with E-state index in [-0.39, 0.29) is 0 Å². The molecule has 0 heterocycles. The highest BCUT2D eigenvalue weighted by atomic mass is 16.5. The minimum absolute atomic E-state index is 0.495. The normalized spacial score (nSPS) is 9.95. The zero-order valence-corrected chi connectivity index (χ0v) is 27.0. The molecule has 0 bridgehead atoms. The minimum atomic E-state index is 0.495. The third kappa shape index (κ3) is 11.5. The Morgan fingerprint density at radius 2 is 0.477 bits per heavy atom. The van der Waals surface area contributed by atoms with E-state index in [4.69, 9.17) is 18.9 Å². The van der Waals surface area contributed by atoms with Gasteiger partial charge in [-0.15, -0.1) is 0 Å². The molecule has 4 heteroatoms. The first-order chi connectivity index (χ1) is 21.6. The lowest BCUT2D eigenvalue weighted by Gasteiger charge is -2.11. The second-order valence-electron chi connectivity index (χ2n) is 9.89. The molecule has 5 aromatic rings. The van der Waals surface area contributed by atoms with E-state index < -0.39 is 0 Å². The predicted octanol–water partition coefficient (Wildman–Crippen LogP) is 10.7. The molecule has 0 fully saturated rings. The Labute approximate surface area is 264 Å². The van der Waals surface area contributed by atoms with Crippen molar-refractivity contribution in [1.29, 1.82) is 0 Å². The predicted molar refractivity (Wildman–Crippen MR) is 182 cm³/mol. The summed E-state index contributed by atoms with van der Waals surface area (Å²) in [7, 11) is 0. The van der Waals surface area contributed by atoms with Crippen LogP contribution < -0.4 is 18.9 Å². The van der Waals surface area contributed by atoms with Gasteiger partial charge in [-0.1, -0.05) is 112 Å². The van der Waals surface area contributed by atoms with Crippen molar-refractivity contribution < 1.29 is 18.9 Å². The van der Waals surface area contributed by atoms with Crippen molar-refractivity contribution in [3.8, 4) is 23.0 Å². The molecule has 0 radical (unpaired) electrons. The van der Waals surface area contributed by atoms with Crippen molar-refractivity contribution in [2.75, 3.05) is 0 Å². The summed E-state index contributed by atoms with van der Waals surface area (Å²) in [5.41, 5.74) is 6.98. The lowest BCUT2D eigenvalue weighted by Crippen LogP contribution is -1.99. The fraction of sp³-hybridized carbons (Fsp3) is 0.250. The maximum absolute atomic E-state index is 5.96. The van der Waals surface area contributed by atoms with Gasteiger partial charge in [0.25, 0.3) is 0 Å². The maximum Gasteiger partial charge on any atom is 0.120 e. The van der Waals surface area contributed by atoms with E-state index >= 15 is 0 Å². The van der Waals surface area contributed by atoms with Crippen molar-refractivity contribution in [3.05, 3.63) is 155 Å². The highest BCUT2D eigenvalue weighted by molar-refractivity contribution is 5.34. The first-order valence-corrected chi connectivity index (χ1v) is 15.5. The Morgan fingerprint density at radius 3 is 0.682 bits per heavy atom. The molecule has 0 aliphatic carbocycles. The zero-order chi connectivity index (χ0) is 31.6. The van der Waals surface area contributed by atoms with Gasteiger partial charge in [0.05, 0.1) is 0 Å². The number of hydrogen-bond donors (Lipinski definition) is 0. The standard InChI is InChI=1S/C36H34O4.2C2H6/c1-27-3-7-29(8-4-27)23-37-33-15-19-35(20-16-33)39-25-31-11-13-32(14-12-31)26-40-36-21-17-34(18-22-36)38-24-30-9-5-28(2)6-10-30;2*1-2/h3-22H,23-26H2,1-2H3;2*1-2H3. The van der Waals surface area contributed by atoms with E-state index in [1.54, 1.807) is 0 Å². The Hall–Kier alpha value is -4.70. The van der Waals surface area contributed by atoms with Crippen molar-refractivity contribution in [1.82, 2.24) is 0 Å². The van der Waals surface area contributed by atoms with Crippen LogP contribution in [0.4, 0.5) is 0 Å². The van der Waals surface area contributed by atoms with E-state index in [0.29, 0.717) is 26.4 Å². The van der Waals surface area contributed by atoms with E-state index in [1.165, 1.54) is 11.1 Å². The highest BCUT2D eigenvalue weighted by Gasteiger charge is 2.02. The summed E-state index contributed by atoms with van der Waals surface area (Å²) in [6.07, 6.45) is 0. The number of ether oxygens (including phenoxy) is 4. The molecule has 5 rings (SSSR count). The van der Waals surface area contributed by atoms with Crippen molar-refractivity contribution in [3.63, 3.8) is 0 Å². The molecule has 0 saturated carbocycles. The summed E-state index contributed by atoms with van der Waals surface area (Å²) in [6.45, 7) is 14.2. The number of hydrogen-bond acceptors (Lipinski definition) is 4. The van der Waals surface area contributed by atoms with Gasteiger partial charge in [0.2, 0.25) is 0 Å². The molecule has 0 atom stereocenters. The van der Waals surface area contributed by atoms with Crippen LogP contribution >= 0.6 is 0 Å². The summed E-state index contributed by atoms with van der Waals surface area (Å²) >= 11 is 0. The van der Waals surface area contributed by atoms with Crippen LogP contribution in [0.25, 0.3) is 0 Å². The van der Waals surface area contributed by atoms with Crippen LogP contribution in [-0.2, 0) is 26.4 Å². The molecule has 0 saturated heterocycles. The highest BCUT2D eigenvalue weighted by Crippen LogP contribution is 2.22. The van der Waals surface area contributed by atoms with Gasteiger partial charge in [-0.3, -0.25) is 0 Å². The fourth-order valence-electron chi connectivity index (χ4n) is 4.03. The second kappa shape index (κ2) is 18.8. The van der Waals surface area contributed by atoms with E-state index in [2.05, 4.69) is 86.6 Å². The molecule has 0 spiro atoms. The summed E-state index contributed by atoms with van der Waals surface area (Å²) in [5, 5.41) is 0. The Balaban J connectivity index is 0.00000127. The minimum Gasteiger partial charge on any atom is -0.489 e. The van der Waals surface area contributed by atoms with Gasteiger partial charge < -0.3 is 18.9 Å². The molecule has 0 N–H and O–H groups in total. The number of aryl methyl sites for hydroxylation is 2. The quantitative estimate of drug-likeness (QED) is 0.145. The van der Waals surface area contributed by atoms with Gasteiger partial charge in [0, 0.05) is 0 Å². The third-order valence-electron chi connectivity index (χ3n) is 6.53. The molecular weight excluding hydrogens is 544 g/mol. The van der Waals surface area contributed by atoms with Crippen LogP contribution in [0.3, 0.4) is 0 Å². The van der Waals surface area contributed by atoms with Gasteiger partial charge in [-0.05, 0) is 84.6 Å². The lowest BCUT2D eigenvalue weighted by molar-refractivity contribution is 0.295. The number of rotatable bonds is 12. The third-order valence-corrected chi connectivity index (χ3v) is 6.53. The summed E-state index contributed by atoms with van der Waals surface area (Å²) < 4.78 is 23.7. The van der Waals surface area contributed by atoms with Crippen molar-refractivity contribution >= 4 is 0 Å². The molecule has 0 aromatic heterocycles. The SMILES string of the molecule is CC.CC.Cc1ccc(COc2ccc(OCc3ccc(COc4ccc(OCc5ccc(C)cc5)cc4)cc3)cc2)cc1. The van der Waals surface area contributed by atoms with Gasteiger partial charge >= 0.3 is 0 Å². The van der Waals surface area contributed by atoms with Crippen LogP contribution in [0.15, 0.2) is 121 Å². The second-order valence-corrected chi connectivity index (χ2v) is 9.89. The molecule has 44 heavy (non-hydrogen) atoms. The molecular formula is C40H46O4. The van der Waals surface area contributed by atoms with E-state index in [0.717, 1.165) is 45.3 Å². The molecule has 230 valence electrons. The van der Waals surface area contributed by atoms with Crippen molar-refractivity contribution in [2.24, 2.45) is 0 Å². The lowest BCUT2D eigenvalue weighted by atomic mass is 10.1. The molecule has 0 aliphatic heterocycles. The average Bonchev–Trinajstić information content (AvgIpc) is 3.09. The average molecular weight is 591 g/mol. The smallest absolute Gasteiger partial charge is 0.120 e. The molecule has 5 aromatic carbocycles. The van der Waals surface area contributed by atoms with Crippen LogP contribution in [0.1, 0.15) is 61.1 Å². The van der Waals surface area contributed by atoms with Gasteiger partial charge in [0.15, 0.2) is 0 Å². The molecule has 0 unspecified atom stereocenters. The monoisotopic (exact) mass is 590 g/mol. The first kappa shape index (κ1) is 33.8. The summed E-state index contributed by atoms with van der Waals surface area (Å²) in [5.74, 6) is 3.26. The Bertz CT molecular complexity index is 1340. The van der Waals surface area contributed by atoms with Gasteiger partial charge in [-0.25, -0.2) is 0 Å². The van der Waals surface area contributed by atoms with Gasteiger partial charge in [0.1, 0.15) is 49.4 Å². The van der Waals surface area contributed by atoms with Gasteiger partial charge in [-0.2, -0.15) is 0 Å². The first-order valence-electron chi connectivity index (χ1n) is 15.5. The number of benzene rings is 5. The van der Waals surface area contributed by atoms with Crippen LogP contribution in [0.5, 0.6) is 23.0 Å². The van der Waals surface area contributed by atoms with E-state index in [9.17, 15) is 0 Å². The van der Waals surface area contributed by atoms with Crippen molar-refractivity contribution in [2.45, 2.75) is 68.0 Å². The van der Waals surface area contributed by atoms with E-state index in [1.807, 2.05) is 76.2 Å². The maximum atomic E-state index is 5.96. The van der Waals surface area contributed by atoms with Crippen LogP contribution in [0, 0.1) is 13.8 Å². The zero-order valence-electron chi connectivity index (χ0n) is 27.0. The Kier molecular flexibility index (Phi) is 14.4. The topological polar surface area (TPSA) is 36.9 Å². The molecule has 0 amide bonds. The molecule has 4 nitrogen and oxygen atoms in total.